The molecule has 0 heterocycles. The third-order valence-corrected chi connectivity index (χ3v) is 1.57. The van der Waals surface area contributed by atoms with E-state index >= 15 is 0 Å². The zero-order chi connectivity index (χ0) is 8.43. The zero-order valence-corrected chi connectivity index (χ0v) is 6.23. The summed E-state index contributed by atoms with van der Waals surface area (Å²) in [7, 11) is 0. The highest BCUT2D eigenvalue weighted by Crippen LogP contribution is 2.20. The summed E-state index contributed by atoms with van der Waals surface area (Å²) in [5.41, 5.74) is 5.30. The average Bonchev–Trinajstić information content (AvgIpc) is 1.97. The quantitative estimate of drug-likeness (QED) is 0.521. The molecule has 1 rings (SSSR count). The van der Waals surface area contributed by atoms with E-state index < -0.39 is 5.82 Å². The van der Waals surface area contributed by atoms with Crippen molar-refractivity contribution in [3.8, 4) is 0 Å². The Hall–Kier alpha value is -1.09. The van der Waals surface area contributed by atoms with Crippen LogP contribution in [0.4, 0.5) is 10.1 Å². The van der Waals surface area contributed by atoms with Gasteiger partial charge in [-0.25, -0.2) is 4.39 Å². The summed E-state index contributed by atoms with van der Waals surface area (Å²) in [5, 5.41) is 0.0756. The lowest BCUT2D eigenvalue weighted by Crippen LogP contribution is -1.93. The van der Waals surface area contributed by atoms with Gasteiger partial charge < -0.3 is 5.73 Å². The molecule has 2 N–H and O–H groups in total. The topological polar surface area (TPSA) is 43.1 Å². The first-order valence-corrected chi connectivity index (χ1v) is 3.22. The number of aldehydes is 1. The molecule has 0 unspecified atom stereocenters. The van der Waals surface area contributed by atoms with Gasteiger partial charge in [0.15, 0.2) is 6.29 Å². The highest BCUT2D eigenvalue weighted by molar-refractivity contribution is 6.33. The smallest absolute Gasteiger partial charge is 0.151 e. The highest BCUT2D eigenvalue weighted by Gasteiger charge is 2.04. The fourth-order valence-corrected chi connectivity index (χ4v) is 0.869. The number of carbonyl (C=O) groups is 1. The van der Waals surface area contributed by atoms with Crippen molar-refractivity contribution >= 4 is 23.6 Å². The molecule has 0 radical (unpaired) electrons. The van der Waals surface area contributed by atoms with Crippen molar-refractivity contribution in [3.63, 3.8) is 0 Å². The van der Waals surface area contributed by atoms with E-state index in [0.717, 1.165) is 6.07 Å². The normalized spacial score (nSPS) is 9.64. The van der Waals surface area contributed by atoms with Gasteiger partial charge in [0.2, 0.25) is 0 Å². The van der Waals surface area contributed by atoms with Crippen LogP contribution in [0.1, 0.15) is 10.4 Å². The summed E-state index contributed by atoms with van der Waals surface area (Å²) in [5.74, 6) is -0.611. The number of hydrogen-bond acceptors (Lipinski definition) is 2. The van der Waals surface area contributed by atoms with Gasteiger partial charge in [0.1, 0.15) is 5.82 Å². The Morgan fingerprint density at radius 3 is 2.73 bits per heavy atom. The molecule has 4 heteroatoms. The first-order valence-electron chi connectivity index (χ1n) is 2.85. The number of hydrogen-bond donors (Lipinski definition) is 1. The molecule has 0 saturated heterocycles. The minimum Gasteiger partial charge on any atom is -0.396 e. The van der Waals surface area contributed by atoms with Crippen molar-refractivity contribution < 1.29 is 9.18 Å². The average molecular weight is 174 g/mol. The van der Waals surface area contributed by atoms with Crippen LogP contribution in [-0.2, 0) is 0 Å². The molecular weight excluding hydrogens is 169 g/mol. The Morgan fingerprint density at radius 1 is 1.55 bits per heavy atom. The second kappa shape index (κ2) is 2.88. The monoisotopic (exact) mass is 173 g/mol. The van der Waals surface area contributed by atoms with Crippen molar-refractivity contribution in [3.05, 3.63) is 28.5 Å². The van der Waals surface area contributed by atoms with E-state index in [-0.39, 0.29) is 16.3 Å². The Balaban J connectivity index is 3.31. The lowest BCUT2D eigenvalue weighted by atomic mass is 10.2. The summed E-state index contributed by atoms with van der Waals surface area (Å²) in [6.07, 6.45) is 0.526. The SMILES string of the molecule is Nc1cc(C=O)c(Cl)cc1F. The minimum absolute atomic E-state index is 0.0727. The molecule has 1 aromatic rings. The largest absolute Gasteiger partial charge is 0.396 e. The second-order valence-electron chi connectivity index (χ2n) is 2.01. The van der Waals surface area contributed by atoms with Crippen LogP contribution in [-0.4, -0.2) is 6.29 Å². The van der Waals surface area contributed by atoms with Crippen molar-refractivity contribution in [1.82, 2.24) is 0 Å². The molecule has 0 aliphatic heterocycles. The maximum absolute atomic E-state index is 12.6. The van der Waals surface area contributed by atoms with Crippen molar-refractivity contribution in [2.45, 2.75) is 0 Å². The van der Waals surface area contributed by atoms with Crippen LogP contribution >= 0.6 is 11.6 Å². The van der Waals surface area contributed by atoms with E-state index in [9.17, 15) is 9.18 Å². The van der Waals surface area contributed by atoms with E-state index in [1.165, 1.54) is 6.07 Å². The van der Waals surface area contributed by atoms with Crippen molar-refractivity contribution in [1.29, 1.82) is 0 Å². The minimum atomic E-state index is -0.611. The van der Waals surface area contributed by atoms with Gasteiger partial charge in [-0.1, -0.05) is 11.6 Å². The van der Waals surface area contributed by atoms with Crippen LogP contribution in [0.25, 0.3) is 0 Å². The fourth-order valence-electron chi connectivity index (χ4n) is 0.674. The lowest BCUT2D eigenvalue weighted by molar-refractivity contribution is 0.112. The third kappa shape index (κ3) is 1.49. The first kappa shape index (κ1) is 8.01. The molecule has 0 bridgehead atoms. The third-order valence-electron chi connectivity index (χ3n) is 1.24. The van der Waals surface area contributed by atoms with Crippen molar-refractivity contribution in [2.24, 2.45) is 0 Å². The highest BCUT2D eigenvalue weighted by atomic mass is 35.5. The number of anilines is 1. The molecule has 0 atom stereocenters. The molecule has 0 fully saturated rings. The summed E-state index contributed by atoms with van der Waals surface area (Å²) in [4.78, 5) is 10.2. The predicted molar refractivity (Wildman–Crippen MR) is 41.2 cm³/mol. The molecule has 58 valence electrons. The molecule has 1 aromatic carbocycles. The number of rotatable bonds is 1. The molecule has 0 amide bonds. The Labute approximate surface area is 67.8 Å². The van der Waals surface area contributed by atoms with Crippen molar-refractivity contribution in [2.75, 3.05) is 5.73 Å². The molecule has 0 spiro atoms. The van der Waals surface area contributed by atoms with Crippen LogP contribution in [0.5, 0.6) is 0 Å². The standard InChI is InChI=1S/C7H5ClFNO/c8-5-2-6(9)7(10)1-4(5)3-11/h1-3H,10H2. The van der Waals surface area contributed by atoms with Crippen LogP contribution in [0.3, 0.4) is 0 Å². The van der Waals surface area contributed by atoms with E-state index in [1.54, 1.807) is 0 Å². The van der Waals surface area contributed by atoms with Gasteiger partial charge in [0.25, 0.3) is 0 Å². The lowest BCUT2D eigenvalue weighted by Gasteiger charge is -1.98. The maximum atomic E-state index is 12.6. The van der Waals surface area contributed by atoms with E-state index in [0.29, 0.717) is 6.29 Å². The molecule has 0 saturated carbocycles. The molecule has 0 aliphatic rings. The van der Waals surface area contributed by atoms with Crippen LogP contribution in [0, 0.1) is 5.82 Å². The second-order valence-corrected chi connectivity index (χ2v) is 2.42. The van der Waals surface area contributed by atoms with Gasteiger partial charge in [-0.05, 0) is 12.1 Å². The van der Waals surface area contributed by atoms with Crippen LogP contribution in [0.2, 0.25) is 5.02 Å². The Morgan fingerprint density at radius 2 is 2.18 bits per heavy atom. The number of carbonyl (C=O) groups excluding carboxylic acids is 1. The molecular formula is C7H5ClFNO. The summed E-state index contributed by atoms with van der Waals surface area (Å²) < 4.78 is 12.6. The Bertz CT molecular complexity index is 301. The number of nitrogen functional groups attached to an aromatic ring is 1. The molecule has 0 aromatic heterocycles. The van der Waals surface area contributed by atoms with Gasteiger partial charge in [-0.15, -0.1) is 0 Å². The van der Waals surface area contributed by atoms with Gasteiger partial charge in [-0.3, -0.25) is 4.79 Å². The summed E-state index contributed by atoms with van der Waals surface area (Å²) in [6.45, 7) is 0. The van der Waals surface area contributed by atoms with Gasteiger partial charge in [-0.2, -0.15) is 0 Å². The first-order chi connectivity index (χ1) is 5.15. The van der Waals surface area contributed by atoms with E-state index in [2.05, 4.69) is 0 Å². The number of halogens is 2. The summed E-state index contributed by atoms with van der Waals surface area (Å²) >= 11 is 5.47. The Kier molecular flexibility index (Phi) is 2.10. The fraction of sp³-hybridized carbons (Fsp3) is 0. The molecule has 0 aliphatic carbocycles. The van der Waals surface area contributed by atoms with E-state index in [4.69, 9.17) is 17.3 Å². The van der Waals surface area contributed by atoms with Crippen LogP contribution in [0.15, 0.2) is 12.1 Å². The zero-order valence-electron chi connectivity index (χ0n) is 5.47. The molecule has 11 heavy (non-hydrogen) atoms. The van der Waals surface area contributed by atoms with Gasteiger partial charge in [0, 0.05) is 5.56 Å². The molecule has 2 nitrogen and oxygen atoms in total. The maximum Gasteiger partial charge on any atom is 0.151 e. The predicted octanol–water partition coefficient (Wildman–Crippen LogP) is 1.87. The van der Waals surface area contributed by atoms with Gasteiger partial charge >= 0.3 is 0 Å². The number of nitrogens with two attached hydrogens (primary N) is 1. The number of benzene rings is 1. The van der Waals surface area contributed by atoms with Crippen LogP contribution < -0.4 is 5.73 Å². The summed E-state index contributed by atoms with van der Waals surface area (Å²) in [6, 6.07) is 2.21. The van der Waals surface area contributed by atoms with Gasteiger partial charge in [0.05, 0.1) is 10.7 Å². The van der Waals surface area contributed by atoms with E-state index in [1.807, 2.05) is 0 Å².